The molecule has 0 bridgehead atoms. The van der Waals surface area contributed by atoms with Gasteiger partial charge < -0.3 is 0 Å². The minimum Gasteiger partial charge on any atom is -0.292 e. The van der Waals surface area contributed by atoms with Gasteiger partial charge in [0, 0.05) is 41.1 Å². The van der Waals surface area contributed by atoms with Gasteiger partial charge in [0.2, 0.25) is 11.8 Å². The molecule has 0 saturated carbocycles. The molecule has 0 spiro atoms. The second-order valence-electron chi connectivity index (χ2n) is 6.60. The second-order valence-corrected chi connectivity index (χ2v) is 7.04. The largest absolute Gasteiger partial charge is 0.292 e. The van der Waals surface area contributed by atoms with E-state index in [1.807, 2.05) is 0 Å². The molecule has 1 aliphatic heterocycles. The standard InChI is InChI=1S/C20H16ClN3O6/c1-12(19(27)13-2-6-15(21)7-3-13)22(23-17(25)10-11-18(23)26)20(28)14-4-8-16(9-5-14)24(29)30/h2-9,12H,10-11H2,1H3/t12-/m1/s1. The van der Waals surface area contributed by atoms with Crippen molar-refractivity contribution >= 4 is 40.8 Å². The summed E-state index contributed by atoms with van der Waals surface area (Å²) < 4.78 is 0. The number of non-ortho nitro benzene ring substituents is 1. The molecule has 1 heterocycles. The Hall–Kier alpha value is -3.59. The molecule has 0 N–H and O–H groups in total. The first-order valence-electron chi connectivity index (χ1n) is 8.94. The van der Waals surface area contributed by atoms with E-state index in [0.29, 0.717) is 10.0 Å². The minimum atomic E-state index is -1.19. The van der Waals surface area contributed by atoms with Crippen molar-refractivity contribution in [2.75, 3.05) is 0 Å². The third-order valence-electron chi connectivity index (χ3n) is 4.65. The number of amides is 3. The number of ketones is 1. The van der Waals surface area contributed by atoms with E-state index in [2.05, 4.69) is 0 Å². The first-order chi connectivity index (χ1) is 14.2. The van der Waals surface area contributed by atoms with Gasteiger partial charge in [0.1, 0.15) is 6.04 Å². The summed E-state index contributed by atoms with van der Waals surface area (Å²) in [6.45, 7) is 1.40. The lowest BCUT2D eigenvalue weighted by Crippen LogP contribution is -2.55. The maximum Gasteiger partial charge on any atom is 0.273 e. The molecule has 30 heavy (non-hydrogen) atoms. The fraction of sp³-hybridized carbons (Fsp3) is 0.200. The van der Waals surface area contributed by atoms with E-state index in [1.54, 1.807) is 0 Å². The Kier molecular flexibility index (Phi) is 5.93. The highest BCUT2D eigenvalue weighted by Crippen LogP contribution is 2.23. The molecule has 2 aromatic rings. The smallest absolute Gasteiger partial charge is 0.273 e. The number of imide groups is 1. The van der Waals surface area contributed by atoms with E-state index in [4.69, 9.17) is 11.6 Å². The van der Waals surface area contributed by atoms with Gasteiger partial charge in [-0.05, 0) is 43.3 Å². The summed E-state index contributed by atoms with van der Waals surface area (Å²) in [6, 6.07) is 9.45. The van der Waals surface area contributed by atoms with E-state index < -0.39 is 34.5 Å². The molecule has 0 aliphatic carbocycles. The minimum absolute atomic E-state index is 0.0103. The summed E-state index contributed by atoms with van der Waals surface area (Å²) in [6.07, 6.45) is -0.157. The summed E-state index contributed by atoms with van der Waals surface area (Å²) >= 11 is 5.84. The fourth-order valence-corrected chi connectivity index (χ4v) is 3.20. The van der Waals surface area contributed by atoms with E-state index in [-0.39, 0.29) is 29.7 Å². The van der Waals surface area contributed by atoms with Crippen molar-refractivity contribution < 1.29 is 24.1 Å². The van der Waals surface area contributed by atoms with Crippen molar-refractivity contribution in [2.24, 2.45) is 0 Å². The molecule has 0 unspecified atom stereocenters. The van der Waals surface area contributed by atoms with Gasteiger partial charge in [-0.15, -0.1) is 0 Å². The Morgan fingerprint density at radius 1 is 1.00 bits per heavy atom. The maximum atomic E-state index is 13.2. The van der Waals surface area contributed by atoms with Gasteiger partial charge in [-0.3, -0.25) is 29.3 Å². The van der Waals surface area contributed by atoms with Crippen LogP contribution in [0.15, 0.2) is 48.5 Å². The number of nitro benzene ring substituents is 1. The predicted molar refractivity (Wildman–Crippen MR) is 106 cm³/mol. The molecule has 1 saturated heterocycles. The molecular weight excluding hydrogens is 414 g/mol. The zero-order valence-electron chi connectivity index (χ0n) is 15.8. The van der Waals surface area contributed by atoms with Crippen LogP contribution in [0.1, 0.15) is 40.5 Å². The van der Waals surface area contributed by atoms with Crippen molar-refractivity contribution in [3.8, 4) is 0 Å². The molecule has 3 amide bonds. The number of nitro groups is 1. The SMILES string of the molecule is C[C@H](C(=O)c1ccc(Cl)cc1)N(C(=O)c1ccc([N+](=O)[O-])cc1)N1C(=O)CCC1=O. The second kappa shape index (κ2) is 8.42. The molecule has 0 radical (unpaired) electrons. The summed E-state index contributed by atoms with van der Waals surface area (Å²) in [5, 5.41) is 12.8. The molecule has 154 valence electrons. The van der Waals surface area contributed by atoms with E-state index >= 15 is 0 Å². The first-order valence-corrected chi connectivity index (χ1v) is 9.32. The van der Waals surface area contributed by atoms with Crippen LogP contribution in [0.3, 0.4) is 0 Å². The van der Waals surface area contributed by atoms with Crippen molar-refractivity contribution in [3.05, 3.63) is 74.8 Å². The molecule has 1 aliphatic rings. The lowest BCUT2D eigenvalue weighted by Gasteiger charge is -2.34. The van der Waals surface area contributed by atoms with Crippen LogP contribution in [0.2, 0.25) is 5.02 Å². The quantitative estimate of drug-likeness (QED) is 0.301. The monoisotopic (exact) mass is 429 g/mol. The molecule has 0 aromatic heterocycles. The van der Waals surface area contributed by atoms with Crippen LogP contribution in [0.25, 0.3) is 0 Å². The molecule has 10 heteroatoms. The Morgan fingerprint density at radius 3 is 2.00 bits per heavy atom. The normalized spacial score (nSPS) is 14.5. The van der Waals surface area contributed by atoms with E-state index in [1.165, 1.54) is 43.3 Å². The average molecular weight is 430 g/mol. The van der Waals surface area contributed by atoms with Crippen molar-refractivity contribution in [1.82, 2.24) is 10.0 Å². The van der Waals surface area contributed by atoms with Gasteiger partial charge in [-0.2, -0.15) is 5.01 Å². The molecule has 3 rings (SSSR count). The van der Waals surface area contributed by atoms with Gasteiger partial charge >= 0.3 is 0 Å². The number of rotatable bonds is 6. The predicted octanol–water partition coefficient (Wildman–Crippen LogP) is 3.03. The molecule has 2 aromatic carbocycles. The number of hydrazine groups is 1. The van der Waals surface area contributed by atoms with Crippen LogP contribution < -0.4 is 0 Å². The lowest BCUT2D eigenvalue weighted by molar-refractivity contribution is -0.384. The van der Waals surface area contributed by atoms with Crippen molar-refractivity contribution in [1.29, 1.82) is 0 Å². The molecule has 9 nitrogen and oxygen atoms in total. The number of benzene rings is 2. The van der Waals surface area contributed by atoms with Crippen molar-refractivity contribution in [2.45, 2.75) is 25.8 Å². The van der Waals surface area contributed by atoms with Crippen LogP contribution in [0.4, 0.5) is 5.69 Å². The average Bonchev–Trinajstić information content (AvgIpc) is 3.06. The number of halogens is 1. The van der Waals surface area contributed by atoms with Gasteiger partial charge in [0.05, 0.1) is 4.92 Å². The number of Topliss-reactive ketones (excluding diaryl/α,β-unsaturated/α-hetero) is 1. The Labute approximate surface area is 175 Å². The number of carbonyl (C=O) groups excluding carboxylic acids is 4. The number of carbonyl (C=O) groups is 4. The van der Waals surface area contributed by atoms with Gasteiger partial charge in [0.25, 0.3) is 11.6 Å². The summed E-state index contributed by atoms with van der Waals surface area (Å²) in [5.41, 5.74) is 0.00747. The van der Waals surface area contributed by atoms with E-state index in [0.717, 1.165) is 17.1 Å². The van der Waals surface area contributed by atoms with Crippen LogP contribution in [0.5, 0.6) is 0 Å². The van der Waals surface area contributed by atoms with Crippen LogP contribution >= 0.6 is 11.6 Å². The molecular formula is C20H16ClN3O6. The zero-order valence-corrected chi connectivity index (χ0v) is 16.5. The highest BCUT2D eigenvalue weighted by atomic mass is 35.5. The van der Waals surface area contributed by atoms with Gasteiger partial charge in [-0.25, -0.2) is 5.01 Å². The number of hydrogen-bond donors (Lipinski definition) is 0. The lowest BCUT2D eigenvalue weighted by atomic mass is 10.0. The highest BCUT2D eigenvalue weighted by Gasteiger charge is 2.41. The number of nitrogens with zero attached hydrogens (tertiary/aromatic N) is 3. The Morgan fingerprint density at radius 2 is 1.50 bits per heavy atom. The van der Waals surface area contributed by atoms with E-state index in [9.17, 15) is 29.3 Å². The van der Waals surface area contributed by atoms with Gasteiger partial charge in [0.15, 0.2) is 5.78 Å². The molecule has 1 fully saturated rings. The third kappa shape index (κ3) is 4.06. The Bertz CT molecular complexity index is 1020. The van der Waals surface area contributed by atoms with Crippen LogP contribution in [-0.4, -0.2) is 44.5 Å². The third-order valence-corrected chi connectivity index (χ3v) is 4.90. The summed E-state index contributed by atoms with van der Waals surface area (Å²) in [4.78, 5) is 61.0. The maximum absolute atomic E-state index is 13.2. The topological polar surface area (TPSA) is 118 Å². The van der Waals surface area contributed by atoms with Crippen LogP contribution in [-0.2, 0) is 9.59 Å². The fourth-order valence-electron chi connectivity index (χ4n) is 3.07. The zero-order chi connectivity index (χ0) is 22.0. The first kappa shape index (κ1) is 21.1. The highest BCUT2D eigenvalue weighted by molar-refractivity contribution is 6.30. The summed E-state index contributed by atoms with van der Waals surface area (Å²) in [5.74, 6) is -2.52. The molecule has 1 atom stereocenters. The van der Waals surface area contributed by atoms with Gasteiger partial charge in [-0.1, -0.05) is 11.6 Å². The summed E-state index contributed by atoms with van der Waals surface area (Å²) in [7, 11) is 0. The number of hydrogen-bond acceptors (Lipinski definition) is 6. The Balaban J connectivity index is 1.99. The van der Waals surface area contributed by atoms with Crippen LogP contribution in [0, 0.1) is 10.1 Å². The van der Waals surface area contributed by atoms with Crippen molar-refractivity contribution in [3.63, 3.8) is 0 Å².